The molecule has 0 radical (unpaired) electrons. The second-order valence-corrected chi connectivity index (χ2v) is 8.54. The number of anilines is 4. The summed E-state index contributed by atoms with van der Waals surface area (Å²) in [5.74, 6) is 0.724. The van der Waals surface area contributed by atoms with Crippen LogP contribution < -0.4 is 20.5 Å². The zero-order valence-electron chi connectivity index (χ0n) is 19.2. The third-order valence-corrected chi connectivity index (χ3v) is 6.31. The van der Waals surface area contributed by atoms with Crippen LogP contribution in [0.15, 0.2) is 84.5 Å². The van der Waals surface area contributed by atoms with Crippen molar-refractivity contribution in [1.29, 1.82) is 0 Å². The Morgan fingerprint density at radius 3 is 2.26 bits per heavy atom. The minimum atomic E-state index is 0.584. The van der Waals surface area contributed by atoms with Crippen LogP contribution in [-0.4, -0.2) is 51.8 Å². The molecule has 35 heavy (non-hydrogen) atoms. The molecule has 0 atom stereocenters. The molecular formula is C26H25N9. The summed E-state index contributed by atoms with van der Waals surface area (Å²) in [6.07, 6.45) is 7.24. The van der Waals surface area contributed by atoms with Crippen molar-refractivity contribution in [3.63, 3.8) is 0 Å². The van der Waals surface area contributed by atoms with Crippen LogP contribution in [0.4, 0.5) is 23.0 Å². The molecule has 4 aromatic rings. The maximum Gasteiger partial charge on any atom is 0.226 e. The van der Waals surface area contributed by atoms with Crippen LogP contribution in [0.3, 0.4) is 0 Å². The van der Waals surface area contributed by atoms with Crippen molar-refractivity contribution in [3.05, 3.63) is 96.3 Å². The molecule has 0 amide bonds. The fourth-order valence-electron chi connectivity index (χ4n) is 4.43. The number of aromatic nitrogens is 4. The number of hydrogen-bond acceptors (Lipinski definition) is 9. The molecule has 2 aliphatic rings. The zero-order valence-corrected chi connectivity index (χ0v) is 19.2. The van der Waals surface area contributed by atoms with Crippen LogP contribution in [-0.2, 0) is 6.54 Å². The highest BCUT2D eigenvalue weighted by Crippen LogP contribution is 2.27. The molecule has 174 valence electrons. The van der Waals surface area contributed by atoms with E-state index in [-0.39, 0.29) is 0 Å². The molecule has 0 saturated carbocycles. The average molecular weight is 464 g/mol. The van der Waals surface area contributed by atoms with Gasteiger partial charge in [-0.15, -0.1) is 0 Å². The van der Waals surface area contributed by atoms with Gasteiger partial charge in [0, 0.05) is 67.9 Å². The van der Waals surface area contributed by atoms with Crippen LogP contribution in [0.25, 0.3) is 0 Å². The van der Waals surface area contributed by atoms with Gasteiger partial charge >= 0.3 is 0 Å². The van der Waals surface area contributed by atoms with Gasteiger partial charge in [0.15, 0.2) is 0 Å². The molecule has 1 fully saturated rings. The van der Waals surface area contributed by atoms with Gasteiger partial charge < -0.3 is 15.5 Å². The molecule has 9 heteroatoms. The zero-order chi connectivity index (χ0) is 23.6. The summed E-state index contributed by atoms with van der Waals surface area (Å²) in [6.45, 7) is 4.04. The van der Waals surface area contributed by atoms with E-state index in [1.807, 2.05) is 53.7 Å². The van der Waals surface area contributed by atoms with Gasteiger partial charge in [0.2, 0.25) is 5.95 Å². The first kappa shape index (κ1) is 21.0. The van der Waals surface area contributed by atoms with E-state index >= 15 is 0 Å². The predicted molar refractivity (Wildman–Crippen MR) is 138 cm³/mol. The SMILES string of the molecule is Nc1ccc(N2CCN(c3ncc4c(n3)C(c3ccccn3)=NN(c3ccncc3)C4)CC2)cc1. The molecule has 0 bridgehead atoms. The molecule has 3 aromatic heterocycles. The summed E-state index contributed by atoms with van der Waals surface area (Å²) >= 11 is 0. The summed E-state index contributed by atoms with van der Waals surface area (Å²) in [5.41, 5.74) is 12.1. The van der Waals surface area contributed by atoms with Crippen molar-refractivity contribution in [1.82, 2.24) is 19.9 Å². The van der Waals surface area contributed by atoms with Crippen LogP contribution in [0.1, 0.15) is 17.0 Å². The van der Waals surface area contributed by atoms with Gasteiger partial charge in [-0.1, -0.05) is 6.07 Å². The van der Waals surface area contributed by atoms with E-state index in [4.69, 9.17) is 20.8 Å². The highest BCUT2D eigenvalue weighted by molar-refractivity contribution is 6.12. The van der Waals surface area contributed by atoms with Crippen molar-refractivity contribution in [3.8, 4) is 0 Å². The van der Waals surface area contributed by atoms with Crippen LogP contribution >= 0.6 is 0 Å². The van der Waals surface area contributed by atoms with E-state index in [0.29, 0.717) is 6.54 Å². The Morgan fingerprint density at radius 2 is 1.51 bits per heavy atom. The summed E-state index contributed by atoms with van der Waals surface area (Å²) in [5, 5.41) is 6.89. The third-order valence-electron chi connectivity index (χ3n) is 6.31. The maximum absolute atomic E-state index is 5.84. The Bertz CT molecular complexity index is 1330. The third kappa shape index (κ3) is 4.23. The molecule has 1 aromatic carbocycles. The smallest absolute Gasteiger partial charge is 0.226 e. The lowest BCUT2D eigenvalue weighted by atomic mass is 10.1. The van der Waals surface area contributed by atoms with E-state index in [9.17, 15) is 0 Å². The van der Waals surface area contributed by atoms with Crippen molar-refractivity contribution < 1.29 is 0 Å². The molecule has 5 heterocycles. The van der Waals surface area contributed by atoms with Gasteiger partial charge in [-0.25, -0.2) is 9.97 Å². The van der Waals surface area contributed by atoms with Crippen LogP contribution in [0.2, 0.25) is 0 Å². The molecule has 9 nitrogen and oxygen atoms in total. The Balaban J connectivity index is 1.28. The Labute approximate surface area is 203 Å². The summed E-state index contributed by atoms with van der Waals surface area (Å²) in [6, 6.07) is 17.8. The van der Waals surface area contributed by atoms with E-state index < -0.39 is 0 Å². The Morgan fingerprint density at radius 1 is 0.743 bits per heavy atom. The number of nitrogens with two attached hydrogens (primary N) is 1. The molecule has 0 spiro atoms. The van der Waals surface area contributed by atoms with Gasteiger partial charge in [-0.3, -0.25) is 15.0 Å². The number of pyridine rings is 2. The van der Waals surface area contributed by atoms with Crippen LogP contribution in [0, 0.1) is 0 Å². The van der Waals surface area contributed by atoms with Gasteiger partial charge in [0.05, 0.1) is 17.9 Å². The maximum atomic E-state index is 5.84. The number of hydrazone groups is 1. The fourth-order valence-corrected chi connectivity index (χ4v) is 4.43. The first-order valence-corrected chi connectivity index (χ1v) is 11.6. The van der Waals surface area contributed by atoms with E-state index in [0.717, 1.165) is 66.2 Å². The fraction of sp³-hybridized carbons (Fsp3) is 0.192. The number of hydrogen-bond donors (Lipinski definition) is 1. The number of rotatable bonds is 4. The highest BCUT2D eigenvalue weighted by atomic mass is 15.5. The van der Waals surface area contributed by atoms with Crippen molar-refractivity contribution >= 4 is 28.7 Å². The first-order chi connectivity index (χ1) is 17.2. The molecular weight excluding hydrogens is 438 g/mol. The minimum absolute atomic E-state index is 0.584. The topological polar surface area (TPSA) is 99.7 Å². The molecule has 0 aliphatic carbocycles. The number of benzene rings is 1. The lowest BCUT2D eigenvalue weighted by Gasteiger charge is -2.36. The number of nitrogen functional groups attached to an aromatic ring is 1. The first-order valence-electron chi connectivity index (χ1n) is 11.6. The van der Waals surface area contributed by atoms with Gasteiger partial charge in [0.25, 0.3) is 0 Å². The largest absolute Gasteiger partial charge is 0.399 e. The molecule has 6 rings (SSSR count). The number of nitrogens with zero attached hydrogens (tertiary/aromatic N) is 8. The second kappa shape index (κ2) is 9.02. The van der Waals surface area contributed by atoms with Gasteiger partial charge in [-0.05, 0) is 48.5 Å². The highest BCUT2D eigenvalue weighted by Gasteiger charge is 2.27. The van der Waals surface area contributed by atoms with E-state index in [2.05, 4.69) is 31.9 Å². The monoisotopic (exact) mass is 463 g/mol. The minimum Gasteiger partial charge on any atom is -0.399 e. The molecule has 0 unspecified atom stereocenters. The van der Waals surface area contributed by atoms with E-state index in [1.54, 1.807) is 18.6 Å². The van der Waals surface area contributed by atoms with Gasteiger partial charge in [0.1, 0.15) is 11.4 Å². The summed E-state index contributed by atoms with van der Waals surface area (Å²) < 4.78 is 0. The standard InChI is InChI=1S/C26H25N9/c27-20-4-6-21(7-5-20)33-13-15-34(16-14-33)26-30-17-19-18-35(22-8-11-28-12-9-22)32-25(24(19)31-26)23-3-1-2-10-29-23/h1-12,17H,13-16,18,27H2. The van der Waals surface area contributed by atoms with E-state index in [1.165, 1.54) is 5.69 Å². The Kier molecular flexibility index (Phi) is 5.42. The second-order valence-electron chi connectivity index (χ2n) is 8.54. The summed E-state index contributed by atoms with van der Waals surface area (Å²) in [7, 11) is 0. The predicted octanol–water partition coefficient (Wildman–Crippen LogP) is 2.95. The molecule has 1 saturated heterocycles. The molecule has 2 aliphatic heterocycles. The lowest BCUT2D eigenvalue weighted by Crippen LogP contribution is -2.47. The summed E-state index contributed by atoms with van der Waals surface area (Å²) in [4.78, 5) is 23.0. The van der Waals surface area contributed by atoms with Crippen molar-refractivity contribution in [2.45, 2.75) is 6.54 Å². The quantitative estimate of drug-likeness (QED) is 0.461. The Hall–Kier alpha value is -4.53. The molecule has 2 N–H and O–H groups in total. The number of piperazine rings is 1. The van der Waals surface area contributed by atoms with Gasteiger partial charge in [-0.2, -0.15) is 5.10 Å². The lowest BCUT2D eigenvalue weighted by molar-refractivity contribution is 0.638. The average Bonchev–Trinajstić information content (AvgIpc) is 2.94. The normalized spacial score (nSPS) is 15.5. The number of fused-ring (bicyclic) bond motifs is 1. The van der Waals surface area contributed by atoms with Crippen molar-refractivity contribution in [2.75, 3.05) is 46.7 Å². The van der Waals surface area contributed by atoms with Crippen LogP contribution in [0.5, 0.6) is 0 Å². The van der Waals surface area contributed by atoms with Crippen molar-refractivity contribution in [2.24, 2.45) is 5.10 Å².